The first kappa shape index (κ1) is 10.3. The van der Waals surface area contributed by atoms with E-state index < -0.39 is 9.05 Å². The minimum absolute atomic E-state index is 0.0923. The normalized spacial score (nSPS) is 17.8. The second-order valence-electron chi connectivity index (χ2n) is 3.29. The van der Waals surface area contributed by atoms with Crippen molar-refractivity contribution in [3.63, 3.8) is 0 Å². The van der Waals surface area contributed by atoms with E-state index in [0.717, 1.165) is 17.2 Å². The van der Waals surface area contributed by atoms with E-state index in [-0.39, 0.29) is 4.90 Å². The van der Waals surface area contributed by atoms with Crippen molar-refractivity contribution in [3.05, 3.63) is 29.4 Å². The van der Waals surface area contributed by atoms with E-state index in [0.29, 0.717) is 0 Å². The molecule has 5 nitrogen and oxygen atoms in total. The van der Waals surface area contributed by atoms with Gasteiger partial charge in [-0.25, -0.2) is 13.4 Å². The molecule has 0 atom stereocenters. The molecule has 1 aromatic carbocycles. The molecule has 0 bridgehead atoms. The molecular weight excluding hydrogens is 270 g/mol. The molecule has 0 unspecified atom stereocenters. The van der Waals surface area contributed by atoms with Gasteiger partial charge in [0.05, 0.1) is 16.3 Å². The Morgan fingerprint density at radius 2 is 2.19 bits per heavy atom. The average molecular weight is 276 g/mol. The van der Waals surface area contributed by atoms with Gasteiger partial charge < -0.3 is 5.32 Å². The van der Waals surface area contributed by atoms with Crippen LogP contribution in [0.1, 0.15) is 0 Å². The zero-order valence-corrected chi connectivity index (χ0v) is 10.2. The van der Waals surface area contributed by atoms with Gasteiger partial charge in [0.1, 0.15) is 5.82 Å². The number of hydrogen-bond acceptors (Lipinski definition) is 6. The van der Waals surface area contributed by atoms with E-state index in [4.69, 9.17) is 10.7 Å². The van der Waals surface area contributed by atoms with E-state index in [9.17, 15) is 8.42 Å². The molecule has 0 saturated heterocycles. The Morgan fingerprint density at radius 3 is 2.94 bits per heavy atom. The summed E-state index contributed by atoms with van der Waals surface area (Å²) in [5, 5.41) is 6.81. The molecule has 0 radical (unpaired) electrons. The van der Waals surface area contributed by atoms with Gasteiger partial charge in [0, 0.05) is 16.1 Å². The fraction of sp³-hybridized carbons (Fsp3) is 0. The number of nitrogens with zero attached hydrogens (tertiary/aromatic N) is 1. The van der Waals surface area contributed by atoms with Crippen molar-refractivity contribution >= 4 is 43.1 Å². The van der Waals surface area contributed by atoms with Crippen LogP contribution in [0.3, 0.4) is 0 Å². The highest BCUT2D eigenvalue weighted by atomic mass is 35.7. The topological polar surface area (TPSA) is 61.4 Å². The molecule has 0 aliphatic carbocycles. The highest BCUT2D eigenvalue weighted by molar-refractivity contribution is 8.13. The molecule has 3 rings (SSSR count). The molecule has 0 spiro atoms. The van der Waals surface area contributed by atoms with Gasteiger partial charge in [-0.15, -0.1) is 0 Å². The van der Waals surface area contributed by atoms with Crippen molar-refractivity contribution in [2.24, 2.45) is 0 Å². The van der Waals surface area contributed by atoms with Crippen LogP contribution < -0.4 is 15.2 Å². The Hall–Kier alpha value is -0.890. The third kappa shape index (κ3) is 1.47. The molecule has 0 saturated carbocycles. The highest BCUT2D eigenvalue weighted by Crippen LogP contribution is 2.40. The van der Waals surface area contributed by atoms with E-state index >= 15 is 0 Å². The molecule has 0 fully saturated rings. The zero-order chi connectivity index (χ0) is 11.3. The van der Waals surface area contributed by atoms with Gasteiger partial charge in [-0.3, -0.25) is 0 Å². The van der Waals surface area contributed by atoms with Crippen molar-refractivity contribution in [1.29, 1.82) is 0 Å². The number of benzene rings is 1. The van der Waals surface area contributed by atoms with Crippen LogP contribution in [0.15, 0.2) is 34.3 Å². The number of rotatable bonds is 1. The quantitative estimate of drug-likeness (QED) is 0.602. The SMILES string of the molecule is O=S(=O)(Cl)c1ccc2c(c1)N1NSC=C1N2. The highest BCUT2D eigenvalue weighted by Gasteiger charge is 2.28. The maximum Gasteiger partial charge on any atom is 0.261 e. The molecule has 2 N–H and O–H groups in total. The van der Waals surface area contributed by atoms with Crippen molar-refractivity contribution in [3.8, 4) is 0 Å². The van der Waals surface area contributed by atoms with Gasteiger partial charge in [0.25, 0.3) is 9.05 Å². The van der Waals surface area contributed by atoms with Crippen LogP contribution in [0.25, 0.3) is 0 Å². The zero-order valence-electron chi connectivity index (χ0n) is 7.77. The van der Waals surface area contributed by atoms with Crippen LogP contribution in [0.5, 0.6) is 0 Å². The lowest BCUT2D eigenvalue weighted by molar-refractivity contribution is 0.609. The first-order valence-corrected chi connectivity index (χ1v) is 7.52. The summed E-state index contributed by atoms with van der Waals surface area (Å²) >= 11 is 1.41. The van der Waals surface area contributed by atoms with Crippen molar-refractivity contribution < 1.29 is 8.42 Å². The van der Waals surface area contributed by atoms with Gasteiger partial charge in [-0.1, -0.05) is 0 Å². The van der Waals surface area contributed by atoms with Gasteiger partial charge in [0.2, 0.25) is 0 Å². The van der Waals surface area contributed by atoms with Crippen LogP contribution in [0.4, 0.5) is 11.4 Å². The van der Waals surface area contributed by atoms with E-state index in [1.165, 1.54) is 24.1 Å². The fourth-order valence-corrected chi connectivity index (χ4v) is 2.99. The molecule has 2 heterocycles. The summed E-state index contributed by atoms with van der Waals surface area (Å²) in [6.45, 7) is 0. The monoisotopic (exact) mass is 275 g/mol. The Labute approximate surface area is 101 Å². The number of fused-ring (bicyclic) bond motifs is 3. The molecule has 2 aliphatic rings. The van der Waals surface area contributed by atoms with Gasteiger partial charge in [-0.05, 0) is 30.1 Å². The third-order valence-electron chi connectivity index (χ3n) is 2.31. The van der Waals surface area contributed by atoms with E-state index in [2.05, 4.69) is 10.1 Å². The fourth-order valence-electron chi connectivity index (χ4n) is 1.59. The standard InChI is InChI=1S/C8H6ClN3O2S2/c9-16(13,14)5-1-2-6-7(3-5)12-8(10-6)4-15-11-12/h1-4,10-11H. The lowest BCUT2D eigenvalue weighted by atomic mass is 10.3. The van der Waals surface area contributed by atoms with Gasteiger partial charge in [-0.2, -0.15) is 4.83 Å². The second-order valence-corrected chi connectivity index (χ2v) is 6.51. The smallest absolute Gasteiger partial charge is 0.261 e. The van der Waals surface area contributed by atoms with Crippen LogP contribution >= 0.6 is 22.6 Å². The molecular formula is C8H6ClN3O2S2. The maximum absolute atomic E-state index is 11.2. The first-order chi connectivity index (χ1) is 7.55. The van der Waals surface area contributed by atoms with Gasteiger partial charge in [0.15, 0.2) is 0 Å². The van der Waals surface area contributed by atoms with Gasteiger partial charge >= 0.3 is 0 Å². The van der Waals surface area contributed by atoms with Crippen LogP contribution in [0.2, 0.25) is 0 Å². The van der Waals surface area contributed by atoms with Crippen molar-refractivity contribution in [1.82, 2.24) is 4.83 Å². The molecule has 8 heteroatoms. The van der Waals surface area contributed by atoms with Crippen molar-refractivity contribution in [2.45, 2.75) is 4.90 Å². The van der Waals surface area contributed by atoms with E-state index in [1.807, 2.05) is 5.41 Å². The predicted molar refractivity (Wildman–Crippen MR) is 64.4 cm³/mol. The van der Waals surface area contributed by atoms with Crippen LogP contribution in [-0.4, -0.2) is 8.42 Å². The maximum atomic E-state index is 11.2. The lowest BCUT2D eigenvalue weighted by Crippen LogP contribution is -2.25. The molecule has 0 amide bonds. The Bertz CT molecular complexity index is 599. The minimum Gasteiger partial charge on any atom is -0.338 e. The molecule has 84 valence electrons. The van der Waals surface area contributed by atoms with Crippen LogP contribution in [-0.2, 0) is 9.05 Å². The molecule has 16 heavy (non-hydrogen) atoms. The first-order valence-electron chi connectivity index (χ1n) is 4.33. The lowest BCUT2D eigenvalue weighted by Gasteiger charge is -2.12. The summed E-state index contributed by atoms with van der Waals surface area (Å²) in [4.78, 5) is 3.10. The second kappa shape index (κ2) is 3.30. The molecule has 0 aromatic heterocycles. The van der Waals surface area contributed by atoms with Crippen molar-refractivity contribution in [2.75, 3.05) is 10.3 Å². The number of nitrogens with one attached hydrogen (secondary N) is 2. The third-order valence-corrected chi connectivity index (χ3v) is 4.29. The largest absolute Gasteiger partial charge is 0.338 e. The van der Waals surface area contributed by atoms with E-state index in [1.54, 1.807) is 11.1 Å². The Balaban J connectivity index is 2.14. The summed E-state index contributed by atoms with van der Waals surface area (Å²) in [6, 6.07) is 4.70. The minimum atomic E-state index is -3.69. The number of hydrogen-bond donors (Lipinski definition) is 2. The van der Waals surface area contributed by atoms with Crippen LogP contribution in [0, 0.1) is 0 Å². The molecule has 1 aromatic rings. The molecule has 2 aliphatic heterocycles. The average Bonchev–Trinajstić information content (AvgIpc) is 2.74. The predicted octanol–water partition coefficient (Wildman–Crippen LogP) is 1.81. The number of hydrazine groups is 1. The number of halogens is 1. The summed E-state index contributed by atoms with van der Waals surface area (Å²) in [5.41, 5.74) is 1.60. The summed E-state index contributed by atoms with van der Waals surface area (Å²) in [6.07, 6.45) is 0. The summed E-state index contributed by atoms with van der Waals surface area (Å²) in [5.74, 6) is 0.879. The summed E-state index contributed by atoms with van der Waals surface area (Å²) in [7, 11) is 1.61. The number of anilines is 2. The summed E-state index contributed by atoms with van der Waals surface area (Å²) < 4.78 is 22.4. The Kier molecular flexibility index (Phi) is 2.12. The Morgan fingerprint density at radius 1 is 1.38 bits per heavy atom.